The van der Waals surface area contributed by atoms with Crippen molar-refractivity contribution in [3.63, 3.8) is 0 Å². The number of carbonyl (C=O) groups is 1. The maximum absolute atomic E-state index is 11.8. The summed E-state index contributed by atoms with van der Waals surface area (Å²) in [6.07, 6.45) is 0.315. The van der Waals surface area contributed by atoms with Gasteiger partial charge in [-0.15, -0.1) is 0 Å². The van der Waals surface area contributed by atoms with Crippen LogP contribution in [0.3, 0.4) is 0 Å². The molecule has 0 aromatic heterocycles. The van der Waals surface area contributed by atoms with Gasteiger partial charge in [0.1, 0.15) is 5.75 Å². The van der Waals surface area contributed by atoms with Crippen LogP contribution >= 0.6 is 0 Å². The van der Waals surface area contributed by atoms with Gasteiger partial charge in [0.05, 0.1) is 39.5 Å². The van der Waals surface area contributed by atoms with Crippen molar-refractivity contribution >= 4 is 11.6 Å². The number of nitrogens with one attached hydrogen (secondary N) is 2. The standard InChI is InChI=1S/C16H26N2O4.C2H6/c1-3-22-15-6-4-5-14(13-15)18-16(19)7-9-20-11-12-21-10-8-17-2;1-2/h4-6,13,17H,3,7-12H2,1-2H3,(H,18,19);1-2H3. The van der Waals surface area contributed by atoms with Gasteiger partial charge >= 0.3 is 0 Å². The van der Waals surface area contributed by atoms with Crippen LogP contribution in [0.15, 0.2) is 24.3 Å². The van der Waals surface area contributed by atoms with Gasteiger partial charge < -0.3 is 24.8 Å². The van der Waals surface area contributed by atoms with Crippen LogP contribution in [0.25, 0.3) is 0 Å². The molecular weight excluding hydrogens is 308 g/mol. The van der Waals surface area contributed by atoms with E-state index in [1.54, 1.807) is 6.07 Å². The molecule has 6 nitrogen and oxygen atoms in total. The summed E-state index contributed by atoms with van der Waals surface area (Å²) in [6, 6.07) is 7.34. The Balaban J connectivity index is 0.00000254. The van der Waals surface area contributed by atoms with E-state index in [9.17, 15) is 4.79 Å². The SMILES string of the molecule is CC.CCOc1cccc(NC(=O)CCOCCOCCNC)c1. The van der Waals surface area contributed by atoms with Crippen LogP contribution in [0.1, 0.15) is 27.2 Å². The zero-order valence-corrected chi connectivity index (χ0v) is 15.4. The van der Waals surface area contributed by atoms with Gasteiger partial charge in [0.2, 0.25) is 5.91 Å². The summed E-state index contributed by atoms with van der Waals surface area (Å²) >= 11 is 0. The Morgan fingerprint density at radius 2 is 1.79 bits per heavy atom. The fourth-order valence-corrected chi connectivity index (χ4v) is 1.71. The number of ether oxygens (including phenoxy) is 3. The molecule has 1 aromatic rings. The first kappa shape index (κ1) is 22.4. The van der Waals surface area contributed by atoms with Crippen LogP contribution in [-0.4, -0.2) is 52.5 Å². The van der Waals surface area contributed by atoms with E-state index < -0.39 is 0 Å². The molecule has 0 radical (unpaired) electrons. The zero-order chi connectivity index (χ0) is 18.0. The van der Waals surface area contributed by atoms with Crippen molar-refractivity contribution < 1.29 is 19.0 Å². The average Bonchev–Trinajstić information content (AvgIpc) is 2.60. The Hall–Kier alpha value is -1.63. The van der Waals surface area contributed by atoms with E-state index in [0.29, 0.717) is 39.5 Å². The molecule has 1 aromatic carbocycles. The Morgan fingerprint density at radius 1 is 1.08 bits per heavy atom. The number of carbonyl (C=O) groups excluding carboxylic acids is 1. The summed E-state index contributed by atoms with van der Waals surface area (Å²) in [5.41, 5.74) is 0.728. The minimum Gasteiger partial charge on any atom is -0.494 e. The quantitative estimate of drug-likeness (QED) is 0.573. The Morgan fingerprint density at radius 3 is 2.46 bits per heavy atom. The zero-order valence-electron chi connectivity index (χ0n) is 15.4. The second-order valence-electron chi connectivity index (χ2n) is 4.59. The molecule has 2 N–H and O–H groups in total. The summed E-state index contributed by atoms with van der Waals surface area (Å²) in [5.74, 6) is 0.667. The molecule has 24 heavy (non-hydrogen) atoms. The highest BCUT2D eigenvalue weighted by Crippen LogP contribution is 2.17. The van der Waals surface area contributed by atoms with Crippen LogP contribution in [0.5, 0.6) is 5.75 Å². The van der Waals surface area contributed by atoms with E-state index >= 15 is 0 Å². The summed E-state index contributed by atoms with van der Waals surface area (Å²) < 4.78 is 16.1. The van der Waals surface area contributed by atoms with Crippen LogP contribution in [-0.2, 0) is 14.3 Å². The molecule has 0 saturated heterocycles. The first-order chi connectivity index (χ1) is 11.8. The molecule has 0 fully saturated rings. The average molecular weight is 340 g/mol. The van der Waals surface area contributed by atoms with E-state index in [2.05, 4.69) is 10.6 Å². The van der Waals surface area contributed by atoms with Crippen molar-refractivity contribution in [2.45, 2.75) is 27.2 Å². The normalized spacial score (nSPS) is 9.83. The second-order valence-corrected chi connectivity index (χ2v) is 4.59. The first-order valence-corrected chi connectivity index (χ1v) is 8.59. The van der Waals surface area contributed by atoms with Crippen molar-refractivity contribution in [3.05, 3.63) is 24.3 Å². The number of hydrogen-bond donors (Lipinski definition) is 2. The number of amides is 1. The number of rotatable bonds is 12. The van der Waals surface area contributed by atoms with Crippen molar-refractivity contribution in [3.8, 4) is 5.75 Å². The maximum atomic E-state index is 11.8. The summed E-state index contributed by atoms with van der Waals surface area (Å²) in [4.78, 5) is 11.8. The summed E-state index contributed by atoms with van der Waals surface area (Å²) in [5, 5.41) is 5.81. The minimum atomic E-state index is -0.0789. The predicted octanol–water partition coefficient (Wildman–Crippen LogP) is 2.69. The summed E-state index contributed by atoms with van der Waals surface area (Å²) in [6.45, 7) is 9.43. The van der Waals surface area contributed by atoms with Gasteiger partial charge in [-0.1, -0.05) is 19.9 Å². The van der Waals surface area contributed by atoms with Gasteiger partial charge in [-0.2, -0.15) is 0 Å². The van der Waals surface area contributed by atoms with Crippen molar-refractivity contribution in [2.24, 2.45) is 0 Å². The molecule has 0 atom stereocenters. The topological polar surface area (TPSA) is 68.8 Å². The van der Waals surface area contributed by atoms with Crippen LogP contribution in [0.2, 0.25) is 0 Å². The molecule has 0 aliphatic carbocycles. The first-order valence-electron chi connectivity index (χ1n) is 8.59. The third-order valence-electron chi connectivity index (χ3n) is 2.77. The van der Waals surface area contributed by atoms with E-state index in [-0.39, 0.29) is 5.91 Å². The minimum absolute atomic E-state index is 0.0789. The van der Waals surface area contributed by atoms with Crippen LogP contribution in [0.4, 0.5) is 5.69 Å². The number of hydrogen-bond acceptors (Lipinski definition) is 5. The third-order valence-corrected chi connectivity index (χ3v) is 2.77. The highest BCUT2D eigenvalue weighted by molar-refractivity contribution is 5.90. The molecule has 0 heterocycles. The molecule has 0 aliphatic rings. The lowest BCUT2D eigenvalue weighted by Crippen LogP contribution is -2.17. The molecule has 0 bridgehead atoms. The second kappa shape index (κ2) is 16.2. The molecule has 0 spiro atoms. The fourth-order valence-electron chi connectivity index (χ4n) is 1.71. The van der Waals surface area contributed by atoms with E-state index in [4.69, 9.17) is 14.2 Å². The number of benzene rings is 1. The van der Waals surface area contributed by atoms with Crippen LogP contribution in [0, 0.1) is 0 Å². The smallest absolute Gasteiger partial charge is 0.226 e. The fraction of sp³-hybridized carbons (Fsp3) is 0.611. The Kier molecular flexibility index (Phi) is 15.1. The number of anilines is 1. The molecule has 0 unspecified atom stereocenters. The van der Waals surface area contributed by atoms with E-state index in [0.717, 1.165) is 18.0 Å². The van der Waals surface area contributed by atoms with Crippen LogP contribution < -0.4 is 15.4 Å². The van der Waals surface area contributed by atoms with Gasteiger partial charge in [-0.25, -0.2) is 0 Å². The lowest BCUT2D eigenvalue weighted by atomic mass is 10.3. The molecule has 0 aliphatic heterocycles. The number of likely N-dealkylation sites (N-methyl/N-ethyl adjacent to an activating group) is 1. The molecular formula is C18H32N2O4. The van der Waals surface area contributed by atoms with Gasteiger partial charge in [0.25, 0.3) is 0 Å². The Bertz CT molecular complexity index is 427. The van der Waals surface area contributed by atoms with E-state index in [1.807, 2.05) is 46.0 Å². The Labute approximate surface area is 145 Å². The lowest BCUT2D eigenvalue weighted by Gasteiger charge is -2.08. The maximum Gasteiger partial charge on any atom is 0.226 e. The van der Waals surface area contributed by atoms with E-state index in [1.165, 1.54) is 0 Å². The van der Waals surface area contributed by atoms with Gasteiger partial charge in [0, 0.05) is 18.3 Å². The molecule has 0 saturated carbocycles. The van der Waals surface area contributed by atoms with Crippen molar-refractivity contribution in [2.75, 3.05) is 51.9 Å². The van der Waals surface area contributed by atoms with Gasteiger partial charge in [0.15, 0.2) is 0 Å². The highest BCUT2D eigenvalue weighted by atomic mass is 16.5. The summed E-state index contributed by atoms with van der Waals surface area (Å²) in [7, 11) is 1.88. The monoisotopic (exact) mass is 340 g/mol. The molecule has 138 valence electrons. The third kappa shape index (κ3) is 11.9. The lowest BCUT2D eigenvalue weighted by molar-refractivity contribution is -0.117. The predicted molar refractivity (Wildman–Crippen MR) is 97.8 cm³/mol. The molecule has 1 amide bonds. The van der Waals surface area contributed by atoms with Gasteiger partial charge in [-0.3, -0.25) is 4.79 Å². The molecule has 6 heteroatoms. The van der Waals surface area contributed by atoms with Gasteiger partial charge in [-0.05, 0) is 26.1 Å². The van der Waals surface area contributed by atoms with Crippen molar-refractivity contribution in [1.82, 2.24) is 5.32 Å². The molecule has 1 rings (SSSR count). The highest BCUT2D eigenvalue weighted by Gasteiger charge is 2.03. The van der Waals surface area contributed by atoms with Crippen molar-refractivity contribution in [1.29, 1.82) is 0 Å². The largest absolute Gasteiger partial charge is 0.494 e.